The fourth-order valence-electron chi connectivity index (χ4n) is 1.04. The summed E-state index contributed by atoms with van der Waals surface area (Å²) in [5.74, 6) is 0. The summed E-state index contributed by atoms with van der Waals surface area (Å²) in [5, 5.41) is 0. The van der Waals surface area contributed by atoms with Gasteiger partial charge in [-0.1, -0.05) is 36.5 Å². The zero-order valence-corrected chi connectivity index (χ0v) is 11.7. The Balaban J connectivity index is 0.000000396. The normalized spacial score (nSPS) is 8.85. The number of hydrogen-bond donors (Lipinski definition) is 0. The second-order valence-electron chi connectivity index (χ2n) is 2.34. The van der Waals surface area contributed by atoms with Gasteiger partial charge in [0.25, 0.3) is 0 Å². The first-order valence-electron chi connectivity index (χ1n) is 3.84. The predicted octanol–water partition coefficient (Wildman–Crippen LogP) is 3.12. The quantitative estimate of drug-likeness (QED) is 0.561. The largest absolute Gasteiger partial charge is 0.451 e. The van der Waals surface area contributed by atoms with Gasteiger partial charge < -0.3 is 4.57 Å². The van der Waals surface area contributed by atoms with Crippen molar-refractivity contribution in [3.05, 3.63) is 54.9 Å². The van der Waals surface area contributed by atoms with Gasteiger partial charge in [-0.25, -0.2) is 0 Å². The Labute approximate surface area is 94.8 Å². The minimum atomic E-state index is 1.15. The van der Waals surface area contributed by atoms with E-state index in [1.165, 1.54) is 16.3 Å². The Morgan fingerprint density at radius 1 is 1.08 bits per heavy atom. The van der Waals surface area contributed by atoms with Gasteiger partial charge in [0.2, 0.25) is 0 Å². The van der Waals surface area contributed by atoms with Crippen molar-refractivity contribution in [2.45, 2.75) is 0 Å². The van der Waals surface area contributed by atoms with Crippen molar-refractivity contribution >= 4 is 13.6 Å². The van der Waals surface area contributed by atoms with Crippen LogP contribution in [0.3, 0.4) is 0 Å². The molecule has 0 N–H and O–H groups in total. The number of benzene rings is 1. The van der Waals surface area contributed by atoms with E-state index in [2.05, 4.69) is 32.0 Å². The number of para-hydroxylation sites is 1. The fraction of sp³-hybridized carbons (Fsp3) is 0. The Kier molecular flexibility index (Phi) is 5.03. The van der Waals surface area contributed by atoms with E-state index in [-0.39, 0.29) is 0 Å². The molecular formula is C10H8BrNZn. The van der Waals surface area contributed by atoms with Crippen LogP contribution >= 0.6 is 13.6 Å². The van der Waals surface area contributed by atoms with Crippen molar-refractivity contribution in [1.29, 1.82) is 0 Å². The van der Waals surface area contributed by atoms with Crippen molar-refractivity contribution in [3.63, 3.8) is 0 Å². The van der Waals surface area contributed by atoms with Gasteiger partial charge in [0.05, 0.1) is 0 Å². The second-order valence-corrected chi connectivity index (χ2v) is 2.34. The summed E-state index contributed by atoms with van der Waals surface area (Å²) in [6, 6.07) is 14.0. The summed E-state index contributed by atoms with van der Waals surface area (Å²) in [5.41, 5.74) is 1.15. The minimum absolute atomic E-state index is 1.15. The average molecular weight is 287 g/mol. The molecule has 0 spiro atoms. The summed E-state index contributed by atoms with van der Waals surface area (Å²) < 4.78 is 1.96. The average Bonchev–Trinajstić information content (AvgIpc) is 2.75. The molecule has 0 fully saturated rings. The number of aromatic nitrogens is 1. The van der Waals surface area contributed by atoms with Gasteiger partial charge in [-0.05, 0) is 5.69 Å². The third-order valence-corrected chi connectivity index (χ3v) is 1.58. The molecule has 0 amide bonds. The molecule has 2 rings (SSSR count). The molecule has 1 aromatic heterocycles. The van der Waals surface area contributed by atoms with Crippen molar-refractivity contribution in [2.24, 2.45) is 0 Å². The molecular weight excluding hydrogens is 279 g/mol. The first-order chi connectivity index (χ1) is 6.47. The molecule has 0 unspecified atom stereocenters. The van der Waals surface area contributed by atoms with Crippen LogP contribution in [0.5, 0.6) is 0 Å². The van der Waals surface area contributed by atoms with E-state index in [0.717, 1.165) is 5.69 Å². The van der Waals surface area contributed by atoms with E-state index < -0.39 is 0 Å². The molecule has 1 nitrogen and oxygen atoms in total. The maximum absolute atomic E-state index is 3.07. The molecule has 2 aromatic rings. The van der Waals surface area contributed by atoms with Crippen LogP contribution in [0.2, 0.25) is 0 Å². The van der Waals surface area contributed by atoms with Crippen LogP contribution in [0.4, 0.5) is 0 Å². The molecule has 1 aromatic carbocycles. The number of hydrogen-bond acceptors (Lipinski definition) is 0. The maximum Gasteiger partial charge on any atom is -0.0365 e. The number of halogens is 1. The van der Waals surface area contributed by atoms with E-state index in [1.54, 1.807) is 0 Å². The first kappa shape index (κ1) is 10.7. The SMILES string of the molecule is [Zn+][Br].[c-]1cccn1-c1ccccc1. The van der Waals surface area contributed by atoms with Gasteiger partial charge in [-0.2, -0.15) is 6.07 Å². The molecule has 0 aliphatic rings. The molecule has 3 heteroatoms. The summed E-state index contributed by atoms with van der Waals surface area (Å²) >= 11 is 4.25. The molecule has 0 saturated heterocycles. The molecule has 1 heterocycles. The van der Waals surface area contributed by atoms with E-state index in [0.29, 0.717) is 0 Å². The van der Waals surface area contributed by atoms with Gasteiger partial charge in [0.15, 0.2) is 0 Å². The van der Waals surface area contributed by atoms with Crippen LogP contribution in [0.25, 0.3) is 5.69 Å². The van der Waals surface area contributed by atoms with Gasteiger partial charge in [0, 0.05) is 0 Å². The monoisotopic (exact) mass is 285 g/mol. The van der Waals surface area contributed by atoms with Crippen molar-refractivity contribution in [1.82, 2.24) is 4.57 Å². The van der Waals surface area contributed by atoms with Gasteiger partial charge in [-0.3, -0.25) is 0 Å². The molecule has 0 saturated carbocycles. The fourth-order valence-corrected chi connectivity index (χ4v) is 1.04. The van der Waals surface area contributed by atoms with E-state index in [4.69, 9.17) is 0 Å². The smallest absolute Gasteiger partial charge is 0.0365 e. The third kappa shape index (κ3) is 3.09. The minimum Gasteiger partial charge on any atom is -0.451 e. The molecule has 62 valence electrons. The topological polar surface area (TPSA) is 4.93 Å². The van der Waals surface area contributed by atoms with Crippen LogP contribution < -0.4 is 0 Å². The molecule has 13 heavy (non-hydrogen) atoms. The standard InChI is InChI=1S/C10H8N.BrH.Zn/c1-2-6-10(7-3-1)11-8-4-5-9-11;;/h1-8H;1H;/q-1;;+2/p-1. The van der Waals surface area contributed by atoms with E-state index >= 15 is 0 Å². The van der Waals surface area contributed by atoms with Crippen molar-refractivity contribution in [2.75, 3.05) is 0 Å². The van der Waals surface area contributed by atoms with Crippen LogP contribution in [-0.4, -0.2) is 4.57 Å². The number of nitrogens with zero attached hydrogens (tertiary/aromatic N) is 1. The Hall–Kier alpha value is -0.397. The zero-order chi connectivity index (χ0) is 9.52. The summed E-state index contributed by atoms with van der Waals surface area (Å²) in [6.45, 7) is 0. The van der Waals surface area contributed by atoms with Crippen LogP contribution in [0, 0.1) is 6.20 Å². The predicted molar refractivity (Wildman–Crippen MR) is 53.5 cm³/mol. The summed E-state index contributed by atoms with van der Waals surface area (Å²) in [6.07, 6.45) is 5.05. The molecule has 0 bridgehead atoms. The van der Waals surface area contributed by atoms with Crippen LogP contribution in [0.15, 0.2) is 48.7 Å². The summed E-state index contributed by atoms with van der Waals surface area (Å²) in [7, 11) is 0. The molecule has 0 atom stereocenters. The van der Waals surface area contributed by atoms with E-state index in [1.807, 2.05) is 41.1 Å². The Morgan fingerprint density at radius 3 is 2.31 bits per heavy atom. The molecule has 0 radical (unpaired) electrons. The van der Waals surface area contributed by atoms with Crippen LogP contribution in [-0.2, 0) is 16.3 Å². The maximum atomic E-state index is 3.07. The molecule has 0 aliphatic heterocycles. The molecule has 0 aliphatic carbocycles. The van der Waals surface area contributed by atoms with Gasteiger partial charge >= 0.3 is 30.0 Å². The Morgan fingerprint density at radius 2 is 1.77 bits per heavy atom. The van der Waals surface area contributed by atoms with Crippen molar-refractivity contribution < 1.29 is 16.3 Å². The zero-order valence-electron chi connectivity index (χ0n) is 7.15. The van der Waals surface area contributed by atoms with E-state index in [9.17, 15) is 0 Å². The third-order valence-electron chi connectivity index (χ3n) is 1.58. The van der Waals surface area contributed by atoms with Crippen LogP contribution in [0.1, 0.15) is 0 Å². The Bertz CT molecular complexity index is 318. The van der Waals surface area contributed by atoms with Crippen molar-refractivity contribution in [3.8, 4) is 5.69 Å². The number of rotatable bonds is 1. The summed E-state index contributed by atoms with van der Waals surface area (Å²) in [4.78, 5) is 0. The van der Waals surface area contributed by atoms with Gasteiger partial charge in [0.1, 0.15) is 0 Å². The first-order valence-corrected chi connectivity index (χ1v) is 10.8. The van der Waals surface area contributed by atoms with Gasteiger partial charge in [-0.15, -0.1) is 12.3 Å². The second kappa shape index (κ2) is 6.12.